The number of benzene rings is 2. The minimum absolute atomic E-state index is 0.123. The third kappa shape index (κ3) is 5.22. The smallest absolute Gasteiger partial charge is 0.263 e. The molecule has 3 rings (SSSR count). The van der Waals surface area contributed by atoms with E-state index in [0.717, 1.165) is 17.5 Å². The summed E-state index contributed by atoms with van der Waals surface area (Å²) in [5.41, 5.74) is 3.24. The van der Waals surface area contributed by atoms with Gasteiger partial charge in [-0.05, 0) is 43.5 Å². The summed E-state index contributed by atoms with van der Waals surface area (Å²) in [6.07, 6.45) is 0.969. The van der Waals surface area contributed by atoms with Crippen LogP contribution in [-0.2, 0) is 17.8 Å². The third-order valence-electron chi connectivity index (χ3n) is 4.75. The Morgan fingerprint density at radius 1 is 1.17 bits per heavy atom. The molecule has 0 aliphatic heterocycles. The topological polar surface area (TPSA) is 68.5 Å². The Morgan fingerprint density at radius 3 is 2.59 bits per heavy atom. The molecular weight excluding hydrogens is 366 g/mol. The van der Waals surface area contributed by atoms with Crippen molar-refractivity contribution in [3.05, 3.63) is 65.5 Å². The van der Waals surface area contributed by atoms with Crippen LogP contribution < -0.4 is 4.74 Å². The number of carbonyl (C=O) groups is 1. The molecule has 1 heterocycles. The number of nitrogens with zero attached hydrogens (tertiary/aromatic N) is 3. The molecule has 1 atom stereocenters. The van der Waals surface area contributed by atoms with Gasteiger partial charge in [0.2, 0.25) is 11.7 Å². The van der Waals surface area contributed by atoms with Crippen LogP contribution in [-0.4, -0.2) is 34.1 Å². The molecule has 0 fully saturated rings. The fourth-order valence-electron chi connectivity index (χ4n) is 3.02. The first kappa shape index (κ1) is 20.6. The molecule has 0 spiro atoms. The van der Waals surface area contributed by atoms with E-state index >= 15 is 0 Å². The summed E-state index contributed by atoms with van der Waals surface area (Å²) in [6.45, 7) is 6.27. The monoisotopic (exact) mass is 393 g/mol. The number of hydrogen-bond acceptors (Lipinski definition) is 5. The maximum absolute atomic E-state index is 12.8. The van der Waals surface area contributed by atoms with Crippen LogP contribution in [0.25, 0.3) is 11.4 Å². The average Bonchev–Trinajstić information content (AvgIpc) is 3.20. The van der Waals surface area contributed by atoms with Gasteiger partial charge in [0.1, 0.15) is 5.75 Å². The predicted molar refractivity (Wildman–Crippen MR) is 111 cm³/mol. The zero-order valence-corrected chi connectivity index (χ0v) is 17.4. The molecule has 6 nitrogen and oxygen atoms in total. The summed E-state index contributed by atoms with van der Waals surface area (Å²) in [4.78, 5) is 18.8. The van der Waals surface area contributed by atoms with Crippen LogP contribution in [0.5, 0.6) is 5.75 Å². The largest absolute Gasteiger partial charge is 0.481 e. The van der Waals surface area contributed by atoms with Crippen LogP contribution >= 0.6 is 0 Å². The van der Waals surface area contributed by atoms with Crippen LogP contribution in [0.1, 0.15) is 37.3 Å². The molecule has 0 saturated carbocycles. The molecule has 0 saturated heterocycles. The molecule has 152 valence electrons. The van der Waals surface area contributed by atoms with E-state index in [0.29, 0.717) is 23.9 Å². The number of aromatic nitrogens is 2. The van der Waals surface area contributed by atoms with Gasteiger partial charge in [-0.3, -0.25) is 4.79 Å². The van der Waals surface area contributed by atoms with E-state index in [1.54, 1.807) is 11.9 Å². The lowest BCUT2D eigenvalue weighted by atomic mass is 10.1. The van der Waals surface area contributed by atoms with E-state index in [1.807, 2.05) is 62.4 Å². The molecule has 1 amide bonds. The zero-order chi connectivity index (χ0) is 20.8. The highest BCUT2D eigenvalue weighted by Gasteiger charge is 2.24. The predicted octanol–water partition coefficient (Wildman–Crippen LogP) is 4.42. The van der Waals surface area contributed by atoms with Crippen LogP contribution in [0.3, 0.4) is 0 Å². The summed E-state index contributed by atoms with van der Waals surface area (Å²) in [5.74, 6) is 1.47. The summed E-state index contributed by atoms with van der Waals surface area (Å²) in [7, 11) is 1.71. The zero-order valence-electron chi connectivity index (χ0n) is 17.4. The number of ether oxygens (including phenoxy) is 1. The molecule has 0 aliphatic carbocycles. The maximum Gasteiger partial charge on any atom is 0.263 e. The first-order valence-electron chi connectivity index (χ1n) is 9.90. The Hall–Kier alpha value is -3.15. The normalized spacial score (nSPS) is 11.9. The maximum atomic E-state index is 12.8. The number of likely N-dealkylation sites (N-methyl/N-ethyl adjacent to an activating group) is 1. The lowest BCUT2D eigenvalue weighted by molar-refractivity contribution is -0.138. The molecule has 29 heavy (non-hydrogen) atoms. The van der Waals surface area contributed by atoms with Crippen LogP contribution in [0, 0.1) is 6.92 Å². The van der Waals surface area contributed by atoms with E-state index in [9.17, 15) is 4.79 Å². The molecule has 1 aromatic heterocycles. The Kier molecular flexibility index (Phi) is 6.65. The molecule has 2 aromatic carbocycles. The van der Waals surface area contributed by atoms with E-state index in [-0.39, 0.29) is 12.5 Å². The fourth-order valence-corrected chi connectivity index (χ4v) is 3.02. The van der Waals surface area contributed by atoms with Gasteiger partial charge < -0.3 is 14.2 Å². The van der Waals surface area contributed by atoms with Gasteiger partial charge in [-0.1, -0.05) is 54.9 Å². The Labute approximate surface area is 171 Å². The minimum atomic E-state index is -0.563. The quantitative estimate of drug-likeness (QED) is 0.566. The minimum Gasteiger partial charge on any atom is -0.481 e. The van der Waals surface area contributed by atoms with Crippen molar-refractivity contribution in [1.29, 1.82) is 0 Å². The van der Waals surface area contributed by atoms with Gasteiger partial charge >= 0.3 is 0 Å². The highest BCUT2D eigenvalue weighted by atomic mass is 16.5. The van der Waals surface area contributed by atoms with Crippen molar-refractivity contribution in [2.24, 2.45) is 0 Å². The van der Waals surface area contributed by atoms with Gasteiger partial charge in [0.15, 0.2) is 6.10 Å². The van der Waals surface area contributed by atoms with Crippen molar-refractivity contribution in [3.8, 4) is 17.1 Å². The van der Waals surface area contributed by atoms with Gasteiger partial charge in [-0.25, -0.2) is 0 Å². The van der Waals surface area contributed by atoms with E-state index < -0.39 is 6.10 Å². The van der Waals surface area contributed by atoms with Crippen molar-refractivity contribution in [1.82, 2.24) is 15.0 Å². The number of hydrogen-bond donors (Lipinski definition) is 0. The molecule has 3 aromatic rings. The Morgan fingerprint density at radius 2 is 1.93 bits per heavy atom. The number of amides is 1. The molecule has 0 radical (unpaired) electrons. The van der Waals surface area contributed by atoms with Crippen LogP contribution in [0.4, 0.5) is 0 Å². The Balaban J connectivity index is 1.64. The standard InChI is InChI=1S/C23H27N3O3/c1-5-17-10-12-19(13-11-17)28-20(6-2)23(27)26(4)15-21-24-22(25-29-21)18-9-7-8-16(3)14-18/h7-14,20H,5-6,15H2,1-4H3/t20-/m1/s1. The Bertz CT molecular complexity index is 950. The van der Waals surface area contributed by atoms with Crippen molar-refractivity contribution in [2.45, 2.75) is 46.3 Å². The molecule has 0 bridgehead atoms. The molecule has 0 N–H and O–H groups in total. The average molecular weight is 393 g/mol. The number of carbonyl (C=O) groups excluding carboxylic acids is 1. The highest BCUT2D eigenvalue weighted by molar-refractivity contribution is 5.80. The van der Waals surface area contributed by atoms with Crippen LogP contribution in [0.15, 0.2) is 53.1 Å². The van der Waals surface area contributed by atoms with Gasteiger partial charge in [0.05, 0.1) is 6.54 Å². The number of rotatable bonds is 8. The SMILES string of the molecule is CCc1ccc(O[C@H](CC)C(=O)N(C)Cc2nc(-c3cccc(C)c3)no2)cc1. The molecule has 6 heteroatoms. The second-order valence-corrected chi connectivity index (χ2v) is 7.09. The van der Waals surface area contributed by atoms with Crippen LogP contribution in [0.2, 0.25) is 0 Å². The van der Waals surface area contributed by atoms with E-state index in [4.69, 9.17) is 9.26 Å². The highest BCUT2D eigenvalue weighted by Crippen LogP contribution is 2.19. The van der Waals surface area contributed by atoms with Gasteiger partial charge in [0, 0.05) is 12.6 Å². The molecule has 0 unspecified atom stereocenters. The number of aryl methyl sites for hydroxylation is 2. The summed E-state index contributed by atoms with van der Waals surface area (Å²) in [5, 5.41) is 4.03. The lowest BCUT2D eigenvalue weighted by Gasteiger charge is -2.22. The van der Waals surface area contributed by atoms with Crippen molar-refractivity contribution in [2.75, 3.05) is 7.05 Å². The summed E-state index contributed by atoms with van der Waals surface area (Å²) >= 11 is 0. The fraction of sp³-hybridized carbons (Fsp3) is 0.348. The van der Waals surface area contributed by atoms with Gasteiger partial charge in [-0.2, -0.15) is 4.98 Å². The van der Waals surface area contributed by atoms with E-state index in [2.05, 4.69) is 17.1 Å². The first-order chi connectivity index (χ1) is 14.0. The first-order valence-corrected chi connectivity index (χ1v) is 9.90. The second-order valence-electron chi connectivity index (χ2n) is 7.09. The van der Waals surface area contributed by atoms with E-state index in [1.165, 1.54) is 5.56 Å². The molecular formula is C23H27N3O3. The van der Waals surface area contributed by atoms with Gasteiger partial charge in [-0.15, -0.1) is 0 Å². The van der Waals surface area contributed by atoms with Crippen molar-refractivity contribution < 1.29 is 14.1 Å². The van der Waals surface area contributed by atoms with Gasteiger partial charge in [0.25, 0.3) is 5.91 Å². The summed E-state index contributed by atoms with van der Waals surface area (Å²) in [6, 6.07) is 15.7. The third-order valence-corrected chi connectivity index (χ3v) is 4.75. The summed E-state index contributed by atoms with van der Waals surface area (Å²) < 4.78 is 11.3. The second kappa shape index (κ2) is 9.37. The van der Waals surface area contributed by atoms with Crippen molar-refractivity contribution >= 4 is 5.91 Å². The lowest BCUT2D eigenvalue weighted by Crippen LogP contribution is -2.39. The molecule has 0 aliphatic rings. The van der Waals surface area contributed by atoms with Crippen molar-refractivity contribution in [3.63, 3.8) is 0 Å².